The highest BCUT2D eigenvalue weighted by Gasteiger charge is 2.41. The molecule has 4 nitrogen and oxygen atoms in total. The summed E-state index contributed by atoms with van der Waals surface area (Å²) in [5.74, 6) is 2.20. The number of hydrogen-bond donors (Lipinski definition) is 1. The Labute approximate surface area is 143 Å². The largest absolute Gasteiger partial charge is 0.497 e. The minimum absolute atomic E-state index is 0.00354. The molecular weight excluding hydrogens is 298 g/mol. The number of methoxy groups -OCH3 is 1. The average Bonchev–Trinajstić information content (AvgIpc) is 2.66. The maximum absolute atomic E-state index is 6.76. The zero-order chi connectivity index (χ0) is 16.7. The maximum Gasteiger partial charge on any atom is 0.119 e. The zero-order valence-electron chi connectivity index (χ0n) is 14.2. The fourth-order valence-corrected chi connectivity index (χ4v) is 4.52. The van der Waals surface area contributed by atoms with Crippen LogP contribution in [0.1, 0.15) is 24.4 Å². The van der Waals surface area contributed by atoms with Gasteiger partial charge in [0.05, 0.1) is 12.6 Å². The standard InChI is InChI=1S/C20H25N3O/c1-3-13-12-23-9-7-14(13)10-19(23)20(21)16-6-8-22-18-5-4-15(24-2)11-17(16)18/h3-6,8,11,13-14,19-20H,1,7,9-10,12,21H2,2H3/t13-,14-,19+,20?/m0/s1. The van der Waals surface area contributed by atoms with Gasteiger partial charge in [0, 0.05) is 30.2 Å². The predicted octanol–water partition coefficient (Wildman–Crippen LogP) is 3.14. The fourth-order valence-electron chi connectivity index (χ4n) is 4.52. The lowest BCUT2D eigenvalue weighted by Crippen LogP contribution is -2.56. The Morgan fingerprint density at radius 2 is 2.29 bits per heavy atom. The van der Waals surface area contributed by atoms with E-state index in [1.165, 1.54) is 12.0 Å². The first-order valence-corrected chi connectivity index (χ1v) is 8.76. The molecule has 2 bridgehead atoms. The highest BCUT2D eigenvalue weighted by Crippen LogP contribution is 2.41. The van der Waals surface area contributed by atoms with Gasteiger partial charge in [-0.05, 0) is 61.1 Å². The second kappa shape index (κ2) is 6.19. The number of nitrogens with zero attached hydrogens (tertiary/aromatic N) is 2. The summed E-state index contributed by atoms with van der Waals surface area (Å²) in [5.41, 5.74) is 8.91. The van der Waals surface area contributed by atoms with E-state index < -0.39 is 0 Å². The summed E-state index contributed by atoms with van der Waals surface area (Å²) in [5, 5.41) is 1.10. The molecule has 1 aromatic heterocycles. The molecule has 3 fully saturated rings. The third-order valence-corrected chi connectivity index (χ3v) is 5.91. The molecule has 5 atom stereocenters. The molecule has 0 saturated carbocycles. The van der Waals surface area contributed by atoms with Crippen molar-refractivity contribution in [2.45, 2.75) is 24.9 Å². The monoisotopic (exact) mass is 323 g/mol. The van der Waals surface area contributed by atoms with Crippen LogP contribution < -0.4 is 10.5 Å². The van der Waals surface area contributed by atoms with Gasteiger partial charge < -0.3 is 10.5 Å². The van der Waals surface area contributed by atoms with Crippen LogP contribution in [-0.4, -0.2) is 36.1 Å². The van der Waals surface area contributed by atoms with Crippen LogP contribution in [0.4, 0.5) is 0 Å². The molecule has 0 aliphatic carbocycles. The van der Waals surface area contributed by atoms with Crippen molar-refractivity contribution in [3.05, 3.63) is 48.7 Å². The number of ether oxygens (including phenoxy) is 1. The van der Waals surface area contributed by atoms with Crippen molar-refractivity contribution in [2.75, 3.05) is 20.2 Å². The number of pyridine rings is 1. The third kappa shape index (κ3) is 2.50. The Balaban J connectivity index is 1.69. The van der Waals surface area contributed by atoms with E-state index in [0.29, 0.717) is 12.0 Å². The first-order chi connectivity index (χ1) is 11.7. The Kier molecular flexibility index (Phi) is 4.02. The molecule has 0 spiro atoms. The summed E-state index contributed by atoms with van der Waals surface area (Å²) in [6.07, 6.45) is 6.43. The molecule has 5 rings (SSSR count). The Hall–Kier alpha value is -1.91. The van der Waals surface area contributed by atoms with Crippen molar-refractivity contribution in [1.29, 1.82) is 0 Å². The summed E-state index contributed by atoms with van der Waals surface area (Å²) in [7, 11) is 1.69. The van der Waals surface area contributed by atoms with Crippen molar-refractivity contribution in [2.24, 2.45) is 17.6 Å². The van der Waals surface area contributed by atoms with Gasteiger partial charge in [0.1, 0.15) is 5.75 Å². The lowest BCUT2D eigenvalue weighted by atomic mass is 9.73. The number of fused-ring (bicyclic) bond motifs is 4. The molecule has 2 aromatic rings. The number of hydrogen-bond acceptors (Lipinski definition) is 4. The van der Waals surface area contributed by atoms with Crippen LogP contribution in [0.3, 0.4) is 0 Å². The second-order valence-electron chi connectivity index (χ2n) is 7.06. The highest BCUT2D eigenvalue weighted by atomic mass is 16.5. The van der Waals surface area contributed by atoms with Crippen molar-refractivity contribution in [3.63, 3.8) is 0 Å². The number of benzene rings is 1. The molecule has 1 unspecified atom stereocenters. The van der Waals surface area contributed by atoms with E-state index in [-0.39, 0.29) is 6.04 Å². The summed E-state index contributed by atoms with van der Waals surface area (Å²) in [6, 6.07) is 8.48. The van der Waals surface area contributed by atoms with E-state index in [1.54, 1.807) is 7.11 Å². The SMILES string of the molecule is C=C[C@H]1C[N@]2CC[C@H]1C[C@@H]2C(N)c1ccnc2ccc(OC)cc12. The van der Waals surface area contributed by atoms with Gasteiger partial charge in [0.2, 0.25) is 0 Å². The van der Waals surface area contributed by atoms with E-state index >= 15 is 0 Å². The van der Waals surface area contributed by atoms with Crippen LogP contribution >= 0.6 is 0 Å². The van der Waals surface area contributed by atoms with E-state index in [2.05, 4.69) is 34.7 Å². The van der Waals surface area contributed by atoms with E-state index in [4.69, 9.17) is 10.5 Å². The van der Waals surface area contributed by atoms with E-state index in [0.717, 1.165) is 42.1 Å². The first kappa shape index (κ1) is 15.6. The lowest BCUT2D eigenvalue weighted by Gasteiger charge is -2.51. The van der Waals surface area contributed by atoms with Crippen molar-refractivity contribution in [3.8, 4) is 5.75 Å². The lowest BCUT2D eigenvalue weighted by molar-refractivity contribution is 0.00749. The van der Waals surface area contributed by atoms with Crippen LogP contribution in [0.25, 0.3) is 10.9 Å². The van der Waals surface area contributed by atoms with Gasteiger partial charge in [0.25, 0.3) is 0 Å². The van der Waals surface area contributed by atoms with Crippen LogP contribution in [0.15, 0.2) is 43.1 Å². The van der Waals surface area contributed by atoms with Gasteiger partial charge in [-0.3, -0.25) is 9.88 Å². The molecule has 3 aliphatic rings. The molecule has 0 amide bonds. The van der Waals surface area contributed by atoms with Crippen LogP contribution in [-0.2, 0) is 0 Å². The number of rotatable bonds is 4. The summed E-state index contributed by atoms with van der Waals surface area (Å²) < 4.78 is 5.39. The normalized spacial score (nSPS) is 30.2. The average molecular weight is 323 g/mol. The zero-order valence-corrected chi connectivity index (χ0v) is 14.2. The molecular formula is C20H25N3O. The minimum atomic E-state index is -0.00354. The van der Waals surface area contributed by atoms with Crippen molar-refractivity contribution < 1.29 is 4.74 Å². The fraction of sp³-hybridized carbons (Fsp3) is 0.450. The summed E-state index contributed by atoms with van der Waals surface area (Å²) >= 11 is 0. The number of piperidine rings is 3. The van der Waals surface area contributed by atoms with Gasteiger partial charge in [-0.2, -0.15) is 0 Å². The molecule has 126 valence electrons. The predicted molar refractivity (Wildman–Crippen MR) is 97.0 cm³/mol. The highest BCUT2D eigenvalue weighted by molar-refractivity contribution is 5.84. The molecule has 3 aliphatic heterocycles. The molecule has 2 N–H and O–H groups in total. The molecule has 4 heterocycles. The third-order valence-electron chi connectivity index (χ3n) is 5.91. The molecule has 1 aromatic carbocycles. The van der Waals surface area contributed by atoms with Crippen LogP contribution in [0.2, 0.25) is 0 Å². The summed E-state index contributed by atoms with van der Waals surface area (Å²) in [4.78, 5) is 7.04. The Morgan fingerprint density at radius 3 is 3.00 bits per heavy atom. The van der Waals surface area contributed by atoms with Crippen LogP contribution in [0, 0.1) is 11.8 Å². The molecule has 0 radical (unpaired) electrons. The minimum Gasteiger partial charge on any atom is -0.497 e. The summed E-state index contributed by atoms with van der Waals surface area (Å²) in [6.45, 7) is 6.26. The number of aromatic nitrogens is 1. The van der Waals surface area contributed by atoms with Crippen LogP contribution in [0.5, 0.6) is 5.75 Å². The quantitative estimate of drug-likeness (QED) is 0.878. The van der Waals surface area contributed by atoms with Crippen molar-refractivity contribution >= 4 is 10.9 Å². The van der Waals surface area contributed by atoms with Gasteiger partial charge in [-0.25, -0.2) is 0 Å². The Morgan fingerprint density at radius 1 is 1.42 bits per heavy atom. The van der Waals surface area contributed by atoms with Crippen molar-refractivity contribution in [1.82, 2.24) is 9.88 Å². The van der Waals surface area contributed by atoms with Gasteiger partial charge in [-0.15, -0.1) is 6.58 Å². The van der Waals surface area contributed by atoms with Gasteiger partial charge >= 0.3 is 0 Å². The molecule has 24 heavy (non-hydrogen) atoms. The van der Waals surface area contributed by atoms with E-state index in [9.17, 15) is 0 Å². The molecule has 4 heteroatoms. The van der Waals surface area contributed by atoms with Gasteiger partial charge in [-0.1, -0.05) is 6.08 Å². The Bertz CT molecular complexity index is 760. The maximum atomic E-state index is 6.76. The van der Waals surface area contributed by atoms with Gasteiger partial charge in [0.15, 0.2) is 0 Å². The first-order valence-electron chi connectivity index (χ1n) is 8.76. The molecule has 3 saturated heterocycles. The smallest absolute Gasteiger partial charge is 0.119 e. The van der Waals surface area contributed by atoms with E-state index in [1.807, 2.05) is 18.3 Å². The topological polar surface area (TPSA) is 51.4 Å². The number of nitrogens with two attached hydrogens (primary N) is 1. The second-order valence-corrected chi connectivity index (χ2v) is 7.06.